The van der Waals surface area contributed by atoms with Gasteiger partial charge in [-0.15, -0.1) is 0 Å². The second kappa shape index (κ2) is 7.31. The molecule has 2 aliphatic heterocycles. The van der Waals surface area contributed by atoms with Gasteiger partial charge in [-0.05, 0) is 26.0 Å². The predicted octanol–water partition coefficient (Wildman–Crippen LogP) is 2.75. The van der Waals surface area contributed by atoms with Gasteiger partial charge in [0.05, 0.1) is 25.5 Å². The van der Waals surface area contributed by atoms with Gasteiger partial charge in [0.25, 0.3) is 0 Å². The molecule has 0 spiro atoms. The normalized spacial score (nSPS) is 18.1. The van der Waals surface area contributed by atoms with E-state index < -0.39 is 0 Å². The van der Waals surface area contributed by atoms with Gasteiger partial charge in [-0.2, -0.15) is 0 Å². The average Bonchev–Trinajstić information content (AvgIpc) is 3.13. The van der Waals surface area contributed by atoms with Crippen LogP contribution in [0.25, 0.3) is 0 Å². The van der Waals surface area contributed by atoms with Crippen molar-refractivity contribution in [2.45, 2.75) is 26.3 Å². The number of ether oxygens (including phenoxy) is 2. The third-order valence-electron chi connectivity index (χ3n) is 5.40. The molecule has 0 saturated carbocycles. The van der Waals surface area contributed by atoms with E-state index in [9.17, 15) is 4.39 Å². The van der Waals surface area contributed by atoms with E-state index in [-0.39, 0.29) is 11.9 Å². The molecule has 1 fully saturated rings. The fourth-order valence-electron chi connectivity index (χ4n) is 3.83. The maximum Gasteiger partial charge on any atom is 0.217 e. The first kappa shape index (κ1) is 18.0. The molecule has 0 bridgehead atoms. The van der Waals surface area contributed by atoms with Crippen molar-refractivity contribution >= 4 is 5.69 Å². The molecule has 2 aromatic heterocycles. The first-order valence-electron chi connectivity index (χ1n) is 9.39. The van der Waals surface area contributed by atoms with Gasteiger partial charge in [-0.1, -0.05) is 0 Å². The smallest absolute Gasteiger partial charge is 0.217 e. The molecular weight excluding hydrogens is 347 g/mol. The van der Waals surface area contributed by atoms with Gasteiger partial charge in [0.1, 0.15) is 5.82 Å². The van der Waals surface area contributed by atoms with E-state index in [0.29, 0.717) is 24.1 Å². The molecule has 0 radical (unpaired) electrons. The van der Waals surface area contributed by atoms with Crippen molar-refractivity contribution in [1.29, 1.82) is 0 Å². The van der Waals surface area contributed by atoms with Crippen LogP contribution in [0.2, 0.25) is 0 Å². The third-order valence-corrected chi connectivity index (χ3v) is 5.40. The zero-order valence-electron chi connectivity index (χ0n) is 16.0. The molecule has 0 aromatic carbocycles. The Labute approximate surface area is 158 Å². The van der Waals surface area contributed by atoms with Crippen LogP contribution < -0.4 is 14.4 Å². The molecule has 6 nitrogen and oxygen atoms in total. The van der Waals surface area contributed by atoms with E-state index >= 15 is 0 Å². The van der Waals surface area contributed by atoms with Crippen molar-refractivity contribution in [1.82, 2.24) is 14.9 Å². The Kier molecular flexibility index (Phi) is 4.86. The Balaban J connectivity index is 1.46. The van der Waals surface area contributed by atoms with Gasteiger partial charge < -0.3 is 14.4 Å². The van der Waals surface area contributed by atoms with Gasteiger partial charge in [-0.3, -0.25) is 4.90 Å². The number of pyridine rings is 2. The van der Waals surface area contributed by atoms with Gasteiger partial charge in [-0.25, -0.2) is 14.4 Å². The zero-order chi connectivity index (χ0) is 19.0. The van der Waals surface area contributed by atoms with E-state index in [1.807, 2.05) is 19.9 Å². The highest BCUT2D eigenvalue weighted by atomic mass is 19.1. The number of hydrogen-bond donors (Lipinski definition) is 0. The maximum atomic E-state index is 14.5. The summed E-state index contributed by atoms with van der Waals surface area (Å²) in [5.41, 5.74) is 3.40. The molecule has 27 heavy (non-hydrogen) atoms. The lowest BCUT2D eigenvalue weighted by molar-refractivity contribution is 0.190. The van der Waals surface area contributed by atoms with Crippen molar-refractivity contribution < 1.29 is 13.9 Å². The maximum absolute atomic E-state index is 14.5. The number of aromatic nitrogens is 2. The highest BCUT2D eigenvalue weighted by Gasteiger charge is 2.27. The van der Waals surface area contributed by atoms with Crippen LogP contribution in [-0.2, 0) is 6.42 Å². The van der Waals surface area contributed by atoms with E-state index in [0.717, 1.165) is 49.5 Å². The van der Waals surface area contributed by atoms with Crippen molar-refractivity contribution in [3.8, 4) is 11.8 Å². The van der Waals surface area contributed by atoms with Crippen LogP contribution >= 0.6 is 0 Å². The molecular formula is C20H25FN4O2. The van der Waals surface area contributed by atoms with Gasteiger partial charge in [0.15, 0.2) is 0 Å². The molecule has 0 unspecified atom stereocenters. The van der Waals surface area contributed by atoms with E-state index in [1.165, 1.54) is 0 Å². The quantitative estimate of drug-likeness (QED) is 0.823. The van der Waals surface area contributed by atoms with E-state index in [4.69, 9.17) is 9.47 Å². The first-order valence-corrected chi connectivity index (χ1v) is 9.39. The number of rotatable bonds is 4. The van der Waals surface area contributed by atoms with Crippen molar-refractivity contribution in [2.24, 2.45) is 0 Å². The summed E-state index contributed by atoms with van der Waals surface area (Å²) >= 11 is 0. The molecule has 4 rings (SSSR count). The average molecular weight is 372 g/mol. The summed E-state index contributed by atoms with van der Waals surface area (Å²) in [5.74, 6) is 0.991. The second-order valence-corrected chi connectivity index (χ2v) is 7.13. The molecule has 1 saturated heterocycles. The molecule has 0 aliphatic carbocycles. The minimum Gasteiger partial charge on any atom is -0.481 e. The van der Waals surface area contributed by atoms with Crippen LogP contribution in [0.3, 0.4) is 0 Å². The van der Waals surface area contributed by atoms with Gasteiger partial charge >= 0.3 is 0 Å². The fraction of sp³-hybridized carbons (Fsp3) is 0.500. The lowest BCUT2D eigenvalue weighted by Crippen LogP contribution is -2.47. The highest BCUT2D eigenvalue weighted by molar-refractivity contribution is 5.50. The number of nitrogens with zero attached hydrogens (tertiary/aromatic N) is 4. The topological polar surface area (TPSA) is 50.7 Å². The van der Waals surface area contributed by atoms with Crippen LogP contribution in [0.5, 0.6) is 11.8 Å². The number of methoxy groups -OCH3 is 1. The minimum atomic E-state index is -0.233. The largest absolute Gasteiger partial charge is 0.481 e. The van der Waals surface area contributed by atoms with Crippen LogP contribution in [0.1, 0.15) is 29.9 Å². The molecule has 2 aromatic rings. The Hall–Kier alpha value is -2.41. The lowest BCUT2D eigenvalue weighted by atomic mass is 10.1. The molecule has 0 amide bonds. The molecule has 7 heteroatoms. The summed E-state index contributed by atoms with van der Waals surface area (Å²) < 4.78 is 25.3. The summed E-state index contributed by atoms with van der Waals surface area (Å²) in [6.07, 6.45) is 0.738. The summed E-state index contributed by atoms with van der Waals surface area (Å²) in [5, 5.41) is 0. The Morgan fingerprint density at radius 2 is 1.93 bits per heavy atom. The molecule has 2 aliphatic rings. The first-order chi connectivity index (χ1) is 13.0. The summed E-state index contributed by atoms with van der Waals surface area (Å²) in [6, 6.07) is 5.53. The van der Waals surface area contributed by atoms with Crippen LogP contribution in [-0.4, -0.2) is 54.8 Å². The number of aryl methyl sites for hydroxylation is 1. The van der Waals surface area contributed by atoms with E-state index in [1.54, 1.807) is 13.2 Å². The number of halogens is 1. The highest BCUT2D eigenvalue weighted by Crippen LogP contribution is 2.30. The minimum absolute atomic E-state index is 0.0876. The lowest BCUT2D eigenvalue weighted by Gasteiger charge is -2.39. The number of fused-ring (bicyclic) bond motifs is 1. The van der Waals surface area contributed by atoms with Gasteiger partial charge in [0.2, 0.25) is 11.8 Å². The molecule has 4 heterocycles. The summed E-state index contributed by atoms with van der Waals surface area (Å²) in [6.45, 7) is 7.97. The zero-order valence-corrected chi connectivity index (χ0v) is 16.0. The third kappa shape index (κ3) is 3.56. The number of anilines is 1. The van der Waals surface area contributed by atoms with Crippen molar-refractivity contribution in [3.63, 3.8) is 0 Å². The Bertz CT molecular complexity index is 837. The number of piperazine rings is 1. The van der Waals surface area contributed by atoms with Crippen LogP contribution in [0.4, 0.5) is 10.1 Å². The second-order valence-electron chi connectivity index (χ2n) is 7.13. The summed E-state index contributed by atoms with van der Waals surface area (Å²) in [7, 11) is 1.63. The van der Waals surface area contributed by atoms with Crippen molar-refractivity contribution in [3.05, 3.63) is 41.0 Å². The van der Waals surface area contributed by atoms with E-state index in [2.05, 4.69) is 25.8 Å². The van der Waals surface area contributed by atoms with Crippen LogP contribution in [0, 0.1) is 12.7 Å². The predicted molar refractivity (Wildman–Crippen MR) is 101 cm³/mol. The summed E-state index contributed by atoms with van der Waals surface area (Å²) in [4.78, 5) is 13.4. The Morgan fingerprint density at radius 3 is 2.67 bits per heavy atom. The number of hydrogen-bond acceptors (Lipinski definition) is 6. The fourth-order valence-corrected chi connectivity index (χ4v) is 3.83. The molecule has 1 atom stereocenters. The Morgan fingerprint density at radius 1 is 1.15 bits per heavy atom. The molecule has 144 valence electrons. The molecule has 0 N–H and O–H groups in total. The monoisotopic (exact) mass is 372 g/mol. The van der Waals surface area contributed by atoms with Gasteiger partial charge in [0, 0.05) is 55.6 Å². The standard InChI is InChI=1S/C20H25FN4O2/c1-13-10-16(12-18(22-13)26-3)25-7-5-24(6-8-25)14(2)19-17(21)11-15-4-9-27-20(15)23-19/h10-12,14H,4-9H2,1-3H3/t14-/m0/s1. The van der Waals surface area contributed by atoms with Crippen molar-refractivity contribution in [2.75, 3.05) is 44.8 Å². The SMILES string of the molecule is COc1cc(N2CCN([C@@H](C)c3nc4c(cc3F)CCO4)CC2)cc(C)n1. The van der Waals surface area contributed by atoms with Crippen LogP contribution in [0.15, 0.2) is 18.2 Å².